The van der Waals surface area contributed by atoms with Crippen molar-refractivity contribution in [2.24, 2.45) is 5.41 Å². The highest BCUT2D eigenvalue weighted by molar-refractivity contribution is 6.02. The van der Waals surface area contributed by atoms with Gasteiger partial charge in [-0.15, -0.1) is 0 Å². The maximum atomic E-state index is 14.4. The minimum absolute atomic E-state index is 0.157. The molecule has 0 bridgehead atoms. The van der Waals surface area contributed by atoms with E-state index < -0.39 is 0 Å². The fourth-order valence-corrected chi connectivity index (χ4v) is 7.58. The second-order valence-electron chi connectivity index (χ2n) is 14.8. The smallest absolute Gasteiger partial charge is 0.162 e. The number of carbonyl (C=O) groups is 1. The van der Waals surface area contributed by atoms with E-state index in [4.69, 9.17) is 14.6 Å². The van der Waals surface area contributed by atoms with Gasteiger partial charge in [0.15, 0.2) is 17.3 Å². The molecule has 1 aliphatic carbocycles. The van der Waals surface area contributed by atoms with E-state index in [2.05, 4.69) is 99.7 Å². The number of hydrogen-bond donors (Lipinski definition) is 1. The van der Waals surface area contributed by atoms with Crippen LogP contribution in [0.3, 0.4) is 0 Å². The molecule has 1 unspecified atom stereocenters. The summed E-state index contributed by atoms with van der Waals surface area (Å²) in [5, 5.41) is 9.17. The molecule has 1 aromatic heterocycles. The average Bonchev–Trinajstić information content (AvgIpc) is 3.53. The Balaban J connectivity index is 1.32. The lowest BCUT2D eigenvalue weighted by molar-refractivity contribution is -0.118. The van der Waals surface area contributed by atoms with Gasteiger partial charge in [0.25, 0.3) is 0 Å². The fourth-order valence-electron chi connectivity index (χ4n) is 7.58. The highest BCUT2D eigenvalue weighted by atomic mass is 16.5. The largest absolute Gasteiger partial charge is 0.485 e. The quantitative estimate of drug-likeness (QED) is 0.164. The van der Waals surface area contributed by atoms with E-state index in [1.165, 1.54) is 5.56 Å². The molecule has 2 aliphatic rings. The molecule has 6 aromatic rings. The summed E-state index contributed by atoms with van der Waals surface area (Å²) in [4.78, 5) is 14.4. The third kappa shape index (κ3) is 6.41. The molecular weight excluding hydrogens is 643 g/mol. The molecular formula is C46H43N3O3. The first-order valence-corrected chi connectivity index (χ1v) is 18.0. The van der Waals surface area contributed by atoms with Crippen LogP contribution in [0.15, 0.2) is 139 Å². The van der Waals surface area contributed by atoms with Gasteiger partial charge in [0, 0.05) is 34.7 Å². The summed E-state index contributed by atoms with van der Waals surface area (Å²) in [7, 11) is 0. The van der Waals surface area contributed by atoms with E-state index in [0.717, 1.165) is 68.3 Å². The zero-order valence-corrected chi connectivity index (χ0v) is 30.1. The van der Waals surface area contributed by atoms with E-state index in [9.17, 15) is 4.79 Å². The molecule has 1 N–H and O–H groups in total. The van der Waals surface area contributed by atoms with Crippen LogP contribution >= 0.6 is 0 Å². The number of Topliss-reactive ketones (excluding diaryl/α,β-unsaturated/α-hetero) is 1. The standard InChI is InChI=1S/C46H43N3O3/c1-30-15-14-22-37(31(30)2)49-45-43(44(48-49)34-20-12-7-13-21-34)41(42-36(47-45)26-46(3,4)27-38(42)50)35-23-24-39(51-28-32-16-8-5-9-17-32)40(25-35)52-29-33-18-10-6-11-19-33/h5-25,41,47H,26-29H2,1-4H3. The Labute approximate surface area is 305 Å². The Hall–Kier alpha value is -5.88. The van der Waals surface area contributed by atoms with Gasteiger partial charge >= 0.3 is 0 Å². The van der Waals surface area contributed by atoms with E-state index >= 15 is 0 Å². The highest BCUT2D eigenvalue weighted by Crippen LogP contribution is 2.53. The predicted molar refractivity (Wildman–Crippen MR) is 207 cm³/mol. The molecule has 8 rings (SSSR count). The zero-order valence-electron chi connectivity index (χ0n) is 30.1. The normalized spacial score (nSPS) is 16.2. The molecule has 0 radical (unpaired) electrons. The molecule has 6 nitrogen and oxygen atoms in total. The van der Waals surface area contributed by atoms with Crippen molar-refractivity contribution in [1.29, 1.82) is 0 Å². The Morgan fingerprint density at radius 1 is 0.750 bits per heavy atom. The molecule has 1 atom stereocenters. The summed E-state index contributed by atoms with van der Waals surface area (Å²) >= 11 is 0. The van der Waals surface area contributed by atoms with Gasteiger partial charge in [-0.05, 0) is 71.7 Å². The monoisotopic (exact) mass is 685 g/mol. The predicted octanol–water partition coefficient (Wildman–Crippen LogP) is 10.5. The Morgan fingerprint density at radius 2 is 1.38 bits per heavy atom. The van der Waals surface area contributed by atoms with Crippen molar-refractivity contribution in [3.63, 3.8) is 0 Å². The summed E-state index contributed by atoms with van der Waals surface area (Å²) < 4.78 is 15.1. The van der Waals surface area contributed by atoms with Crippen LogP contribution < -0.4 is 14.8 Å². The molecule has 0 saturated carbocycles. The van der Waals surface area contributed by atoms with Crippen molar-refractivity contribution < 1.29 is 14.3 Å². The topological polar surface area (TPSA) is 65.4 Å². The number of ether oxygens (including phenoxy) is 2. The van der Waals surface area contributed by atoms with Gasteiger partial charge in [-0.1, -0.05) is 123 Å². The van der Waals surface area contributed by atoms with E-state index in [0.29, 0.717) is 31.1 Å². The lowest BCUT2D eigenvalue weighted by Gasteiger charge is -2.39. The van der Waals surface area contributed by atoms with E-state index in [-0.39, 0.29) is 17.1 Å². The van der Waals surface area contributed by atoms with Crippen LogP contribution in [0.2, 0.25) is 0 Å². The Morgan fingerprint density at radius 3 is 2.06 bits per heavy atom. The van der Waals surface area contributed by atoms with Crippen LogP contribution in [-0.4, -0.2) is 15.6 Å². The summed E-state index contributed by atoms with van der Waals surface area (Å²) in [6.07, 6.45) is 1.22. The summed E-state index contributed by atoms with van der Waals surface area (Å²) in [6.45, 7) is 9.40. The van der Waals surface area contributed by atoms with Crippen LogP contribution in [0, 0.1) is 19.3 Å². The van der Waals surface area contributed by atoms with Gasteiger partial charge in [0.2, 0.25) is 0 Å². The van der Waals surface area contributed by atoms with Crippen molar-refractivity contribution in [3.8, 4) is 28.4 Å². The van der Waals surface area contributed by atoms with Gasteiger partial charge in [-0.25, -0.2) is 4.68 Å². The van der Waals surface area contributed by atoms with E-state index in [1.807, 2.05) is 65.3 Å². The first-order chi connectivity index (χ1) is 25.3. The number of rotatable bonds is 9. The average molecular weight is 686 g/mol. The van der Waals surface area contributed by atoms with Crippen molar-refractivity contribution in [3.05, 3.63) is 172 Å². The van der Waals surface area contributed by atoms with Crippen molar-refractivity contribution in [2.45, 2.75) is 59.7 Å². The molecule has 5 aromatic carbocycles. The molecule has 6 heteroatoms. The Bertz CT molecular complexity index is 2290. The van der Waals surface area contributed by atoms with Gasteiger partial charge in [-0.3, -0.25) is 4.79 Å². The molecule has 1 aliphatic heterocycles. The maximum absolute atomic E-state index is 14.4. The zero-order chi connectivity index (χ0) is 35.8. The molecule has 0 fully saturated rings. The number of nitrogens with one attached hydrogen (secondary N) is 1. The molecule has 2 heterocycles. The minimum atomic E-state index is -0.383. The molecule has 0 amide bonds. The number of hydrogen-bond acceptors (Lipinski definition) is 5. The van der Waals surface area contributed by atoms with Crippen LogP contribution in [0.1, 0.15) is 66.0 Å². The first-order valence-electron chi connectivity index (χ1n) is 18.0. The fraction of sp³-hybridized carbons (Fsp3) is 0.217. The second kappa shape index (κ2) is 13.7. The number of benzene rings is 5. The highest BCUT2D eigenvalue weighted by Gasteiger charge is 2.44. The van der Waals surface area contributed by atoms with Gasteiger partial charge in [-0.2, -0.15) is 5.10 Å². The molecule has 0 saturated heterocycles. The minimum Gasteiger partial charge on any atom is -0.485 e. The van der Waals surface area contributed by atoms with Crippen LogP contribution in [0.5, 0.6) is 11.5 Å². The van der Waals surface area contributed by atoms with Gasteiger partial charge in [0.05, 0.1) is 11.4 Å². The number of aryl methyl sites for hydroxylation is 1. The number of fused-ring (bicyclic) bond motifs is 1. The number of carbonyl (C=O) groups excluding carboxylic acids is 1. The third-order valence-electron chi connectivity index (χ3n) is 10.3. The number of allylic oxidation sites excluding steroid dienone is 2. The molecule has 0 spiro atoms. The SMILES string of the molecule is Cc1cccc(-n2nc(-c3ccccc3)c3c2NC2=C(C(=O)CC(C)(C)C2)C3c2ccc(OCc3ccccc3)c(OCc3ccccc3)c2)c1C. The van der Waals surface area contributed by atoms with Gasteiger partial charge < -0.3 is 14.8 Å². The number of aromatic nitrogens is 2. The molecule has 52 heavy (non-hydrogen) atoms. The lowest BCUT2D eigenvalue weighted by atomic mass is 9.69. The van der Waals surface area contributed by atoms with Crippen LogP contribution in [0.4, 0.5) is 5.82 Å². The summed E-state index contributed by atoms with van der Waals surface area (Å²) in [5.41, 5.74) is 10.8. The third-order valence-corrected chi connectivity index (χ3v) is 10.3. The number of ketones is 1. The van der Waals surface area contributed by atoms with Crippen molar-refractivity contribution in [1.82, 2.24) is 9.78 Å². The van der Waals surface area contributed by atoms with E-state index in [1.54, 1.807) is 0 Å². The van der Waals surface area contributed by atoms with Crippen LogP contribution in [-0.2, 0) is 18.0 Å². The lowest BCUT2D eigenvalue weighted by Crippen LogP contribution is -2.34. The van der Waals surface area contributed by atoms with Gasteiger partial charge in [0.1, 0.15) is 19.0 Å². The Kier molecular flexibility index (Phi) is 8.76. The second-order valence-corrected chi connectivity index (χ2v) is 14.8. The van der Waals surface area contributed by atoms with Crippen molar-refractivity contribution >= 4 is 11.6 Å². The van der Waals surface area contributed by atoms with Crippen molar-refractivity contribution in [2.75, 3.05) is 5.32 Å². The number of anilines is 1. The summed E-state index contributed by atoms with van der Waals surface area (Å²) in [6, 6.07) is 43.1. The van der Waals surface area contributed by atoms with Crippen LogP contribution in [0.25, 0.3) is 16.9 Å². The first kappa shape index (κ1) is 33.3. The number of nitrogens with zero attached hydrogens (tertiary/aromatic N) is 2. The molecule has 260 valence electrons. The summed E-state index contributed by atoms with van der Waals surface area (Å²) in [5.74, 6) is 1.94. The maximum Gasteiger partial charge on any atom is 0.162 e.